The summed E-state index contributed by atoms with van der Waals surface area (Å²) in [7, 11) is 1.83. The lowest BCUT2D eigenvalue weighted by Crippen LogP contribution is -2.45. The van der Waals surface area contributed by atoms with Gasteiger partial charge in [-0.1, -0.05) is 0 Å². The van der Waals surface area contributed by atoms with Crippen molar-refractivity contribution in [1.82, 2.24) is 24.5 Å². The number of nitrogens with one attached hydrogen (secondary N) is 1. The van der Waals surface area contributed by atoms with Crippen LogP contribution in [0.2, 0.25) is 0 Å². The van der Waals surface area contributed by atoms with Crippen LogP contribution in [-0.4, -0.2) is 61.9 Å². The van der Waals surface area contributed by atoms with E-state index in [0.29, 0.717) is 37.0 Å². The number of rotatable bonds is 3. The van der Waals surface area contributed by atoms with Crippen LogP contribution in [0.15, 0.2) is 30.7 Å². The number of anilines is 1. The average Bonchev–Trinajstić information content (AvgIpc) is 3.11. The number of likely N-dealkylation sites (N-methyl/N-ethyl adjacent to an activating group) is 1. The average molecular weight is 410 g/mol. The quantitative estimate of drug-likeness (QED) is 0.647. The van der Waals surface area contributed by atoms with Crippen LogP contribution in [0.25, 0.3) is 16.8 Å². The Bertz CT molecular complexity index is 1030. The van der Waals surface area contributed by atoms with Gasteiger partial charge in [-0.3, -0.25) is 4.40 Å². The van der Waals surface area contributed by atoms with E-state index in [9.17, 15) is 22.7 Å². The van der Waals surface area contributed by atoms with E-state index < -0.39 is 23.7 Å². The molecule has 0 spiro atoms. The summed E-state index contributed by atoms with van der Waals surface area (Å²) < 4.78 is 53.9. The summed E-state index contributed by atoms with van der Waals surface area (Å²) in [6, 6.07) is 2.48. The molecular formula is C18H18F4N6O. The predicted molar refractivity (Wildman–Crippen MR) is 97.3 cm³/mol. The summed E-state index contributed by atoms with van der Waals surface area (Å²) in [5, 5.41) is 21.5. The number of imidazole rings is 1. The van der Waals surface area contributed by atoms with Gasteiger partial charge in [-0.15, -0.1) is 10.2 Å². The van der Waals surface area contributed by atoms with Crippen molar-refractivity contribution in [1.29, 1.82) is 0 Å². The summed E-state index contributed by atoms with van der Waals surface area (Å²) in [6.45, 7) is 0.996. The highest BCUT2D eigenvalue weighted by Gasteiger charge is 2.31. The number of piperidine rings is 1. The maximum absolute atomic E-state index is 13.8. The van der Waals surface area contributed by atoms with Crippen LogP contribution in [0.1, 0.15) is 12.0 Å². The number of benzene rings is 1. The lowest BCUT2D eigenvalue weighted by Gasteiger charge is -2.32. The van der Waals surface area contributed by atoms with E-state index in [1.54, 1.807) is 4.40 Å². The second kappa shape index (κ2) is 7.14. The van der Waals surface area contributed by atoms with Gasteiger partial charge in [-0.2, -0.15) is 13.2 Å². The highest BCUT2D eigenvalue weighted by atomic mass is 19.4. The molecule has 3 heterocycles. The van der Waals surface area contributed by atoms with Crippen LogP contribution < -0.4 is 5.32 Å². The Labute approximate surface area is 163 Å². The van der Waals surface area contributed by atoms with Gasteiger partial charge in [0.2, 0.25) is 5.95 Å². The van der Waals surface area contributed by atoms with E-state index >= 15 is 0 Å². The number of hydrogen-bond donors (Lipinski definition) is 2. The third-order valence-corrected chi connectivity index (χ3v) is 4.85. The third-order valence-electron chi connectivity index (χ3n) is 4.85. The smallest absolute Gasteiger partial charge is 0.416 e. The molecule has 29 heavy (non-hydrogen) atoms. The number of phenolic OH excluding ortho intramolecular Hbond substituents is 1. The Morgan fingerprint density at radius 3 is 2.69 bits per heavy atom. The minimum Gasteiger partial charge on any atom is -0.507 e. The summed E-state index contributed by atoms with van der Waals surface area (Å²) in [6.07, 6.45) is -2.26. The van der Waals surface area contributed by atoms with E-state index in [0.717, 1.165) is 12.1 Å². The first-order valence-corrected chi connectivity index (χ1v) is 8.91. The topological polar surface area (TPSA) is 78.6 Å². The van der Waals surface area contributed by atoms with Crippen molar-refractivity contribution in [2.45, 2.75) is 24.8 Å². The van der Waals surface area contributed by atoms with Crippen LogP contribution in [0.3, 0.4) is 0 Å². The standard InChI is InChI=1S/C18H18F4N6O/c1-27-7-11(19)5-12(8-27)24-17-26-25-16(14-6-23-9-28(14)17)13-3-2-10(4-15(13)29)18(20,21)22/h2-4,6,9,11-12,29H,5,7-8H2,1H3,(H,24,26)/t11-,12-/m1/s1. The molecule has 2 atom stereocenters. The van der Waals surface area contributed by atoms with Gasteiger partial charge in [0.15, 0.2) is 0 Å². The molecule has 2 aromatic heterocycles. The maximum Gasteiger partial charge on any atom is 0.416 e. The lowest BCUT2D eigenvalue weighted by molar-refractivity contribution is -0.137. The summed E-state index contributed by atoms with van der Waals surface area (Å²) in [4.78, 5) is 5.93. The zero-order valence-electron chi connectivity index (χ0n) is 15.4. The summed E-state index contributed by atoms with van der Waals surface area (Å²) >= 11 is 0. The van der Waals surface area contributed by atoms with Gasteiger partial charge in [0.25, 0.3) is 0 Å². The van der Waals surface area contributed by atoms with Crippen molar-refractivity contribution in [3.05, 3.63) is 36.3 Å². The van der Waals surface area contributed by atoms with Crippen molar-refractivity contribution in [2.24, 2.45) is 0 Å². The first-order valence-electron chi connectivity index (χ1n) is 8.91. The molecule has 1 aliphatic rings. The van der Waals surface area contributed by atoms with E-state index in [4.69, 9.17) is 0 Å². The molecule has 1 aliphatic heterocycles. The van der Waals surface area contributed by atoms with E-state index in [2.05, 4.69) is 20.5 Å². The molecule has 0 aliphatic carbocycles. The van der Waals surface area contributed by atoms with Crippen molar-refractivity contribution in [3.63, 3.8) is 0 Å². The van der Waals surface area contributed by atoms with Crippen LogP contribution >= 0.6 is 0 Å². The van der Waals surface area contributed by atoms with Crippen molar-refractivity contribution in [3.8, 4) is 17.0 Å². The fraction of sp³-hybridized carbons (Fsp3) is 0.389. The first kappa shape index (κ1) is 19.4. The van der Waals surface area contributed by atoms with Gasteiger partial charge in [0, 0.05) is 31.1 Å². The fourth-order valence-electron chi connectivity index (χ4n) is 3.57. The molecule has 0 radical (unpaired) electrons. The normalized spacial score (nSPS) is 20.9. The second-order valence-corrected chi connectivity index (χ2v) is 7.15. The highest BCUT2D eigenvalue weighted by molar-refractivity contribution is 5.80. The van der Waals surface area contributed by atoms with Gasteiger partial charge in [0.1, 0.15) is 23.9 Å². The summed E-state index contributed by atoms with van der Waals surface area (Å²) in [5.74, 6) is -0.229. The molecule has 1 fully saturated rings. The molecule has 0 unspecified atom stereocenters. The van der Waals surface area contributed by atoms with E-state index in [1.165, 1.54) is 12.5 Å². The number of nitrogens with zero attached hydrogens (tertiary/aromatic N) is 5. The van der Waals surface area contributed by atoms with Gasteiger partial charge >= 0.3 is 6.18 Å². The molecule has 7 nitrogen and oxygen atoms in total. The number of aromatic hydroxyl groups is 1. The Kier molecular flexibility index (Phi) is 4.77. The molecule has 0 amide bonds. The Balaban J connectivity index is 1.69. The van der Waals surface area contributed by atoms with Crippen LogP contribution in [-0.2, 0) is 6.18 Å². The second-order valence-electron chi connectivity index (χ2n) is 7.15. The maximum atomic E-state index is 13.8. The van der Waals surface area contributed by atoms with E-state index in [-0.39, 0.29) is 17.3 Å². The molecule has 1 aromatic carbocycles. The van der Waals surface area contributed by atoms with Crippen LogP contribution in [0.5, 0.6) is 5.75 Å². The molecule has 2 N–H and O–H groups in total. The van der Waals surface area contributed by atoms with Gasteiger partial charge in [-0.25, -0.2) is 9.37 Å². The zero-order valence-corrected chi connectivity index (χ0v) is 15.4. The Morgan fingerprint density at radius 2 is 2.00 bits per heavy atom. The number of fused-ring (bicyclic) bond motifs is 1. The minimum absolute atomic E-state index is 0.101. The number of phenols is 1. The molecular weight excluding hydrogens is 392 g/mol. The number of halogens is 4. The molecule has 0 bridgehead atoms. The number of alkyl halides is 4. The number of hydrogen-bond acceptors (Lipinski definition) is 6. The number of aromatic nitrogens is 4. The van der Waals surface area contributed by atoms with E-state index in [1.807, 2.05) is 11.9 Å². The molecule has 11 heteroatoms. The molecule has 4 rings (SSSR count). The number of likely N-dealkylation sites (tertiary alicyclic amines) is 1. The Hall–Kier alpha value is -2.95. The Morgan fingerprint density at radius 1 is 1.21 bits per heavy atom. The SMILES string of the molecule is CN1C[C@H](F)C[C@@H](Nc2nnc(-c3ccc(C(F)(F)F)cc3O)c3cncn23)C1. The van der Waals surface area contributed by atoms with Crippen LogP contribution in [0.4, 0.5) is 23.5 Å². The van der Waals surface area contributed by atoms with Crippen molar-refractivity contribution >= 4 is 11.5 Å². The van der Waals surface area contributed by atoms with Gasteiger partial charge in [0.05, 0.1) is 17.3 Å². The minimum atomic E-state index is -4.57. The largest absolute Gasteiger partial charge is 0.507 e. The first-order chi connectivity index (χ1) is 13.7. The molecule has 0 saturated carbocycles. The van der Waals surface area contributed by atoms with Gasteiger partial charge in [-0.05, 0) is 25.2 Å². The van der Waals surface area contributed by atoms with Crippen molar-refractivity contribution < 1.29 is 22.7 Å². The molecule has 3 aromatic rings. The molecule has 154 valence electrons. The van der Waals surface area contributed by atoms with Gasteiger partial charge < -0.3 is 15.3 Å². The third kappa shape index (κ3) is 3.82. The summed E-state index contributed by atoms with van der Waals surface area (Å²) in [5.41, 5.74) is -0.234. The monoisotopic (exact) mass is 410 g/mol. The fourth-order valence-corrected chi connectivity index (χ4v) is 3.57. The van der Waals surface area contributed by atoms with Crippen molar-refractivity contribution in [2.75, 3.05) is 25.5 Å². The zero-order chi connectivity index (χ0) is 20.8. The predicted octanol–water partition coefficient (Wildman–Crippen LogP) is 2.97. The van der Waals surface area contributed by atoms with Crippen LogP contribution in [0, 0.1) is 0 Å². The molecule has 1 saturated heterocycles. The lowest BCUT2D eigenvalue weighted by atomic mass is 10.1. The highest BCUT2D eigenvalue weighted by Crippen LogP contribution is 2.37.